The molecule has 5 heteroatoms. The highest BCUT2D eigenvalue weighted by molar-refractivity contribution is 5.74. The summed E-state index contributed by atoms with van der Waals surface area (Å²) in [6, 6.07) is 6.09. The number of likely N-dealkylation sites (tertiary alicyclic amines) is 1. The van der Waals surface area contributed by atoms with E-state index in [1.54, 1.807) is 13.0 Å². The van der Waals surface area contributed by atoms with Crippen molar-refractivity contribution in [2.45, 2.75) is 19.9 Å². The number of hydrogen-bond donors (Lipinski definition) is 1. The van der Waals surface area contributed by atoms with E-state index in [4.69, 9.17) is 10.4 Å². The van der Waals surface area contributed by atoms with Crippen LogP contribution >= 0.6 is 0 Å². The highest BCUT2D eigenvalue weighted by atomic mass is 19.1. The summed E-state index contributed by atoms with van der Waals surface area (Å²) < 4.78 is 13.0. The Labute approximate surface area is 111 Å². The quantitative estimate of drug-likeness (QED) is 0.904. The van der Waals surface area contributed by atoms with Crippen molar-refractivity contribution in [2.24, 2.45) is 5.41 Å². The molecule has 0 amide bonds. The Morgan fingerprint density at radius 1 is 1.63 bits per heavy atom. The summed E-state index contributed by atoms with van der Waals surface area (Å²) in [7, 11) is 0. The lowest BCUT2D eigenvalue weighted by molar-refractivity contribution is -0.147. The van der Waals surface area contributed by atoms with Gasteiger partial charge in [-0.3, -0.25) is 9.69 Å². The molecule has 1 aliphatic rings. The molecule has 0 bridgehead atoms. The van der Waals surface area contributed by atoms with Gasteiger partial charge in [-0.2, -0.15) is 5.26 Å². The van der Waals surface area contributed by atoms with Gasteiger partial charge in [-0.15, -0.1) is 0 Å². The van der Waals surface area contributed by atoms with E-state index in [0.29, 0.717) is 31.6 Å². The fraction of sp³-hybridized carbons (Fsp3) is 0.429. The molecule has 19 heavy (non-hydrogen) atoms. The van der Waals surface area contributed by atoms with Crippen molar-refractivity contribution in [2.75, 3.05) is 13.1 Å². The van der Waals surface area contributed by atoms with Crippen LogP contribution in [0.1, 0.15) is 24.5 Å². The lowest BCUT2D eigenvalue weighted by Crippen LogP contribution is -2.31. The lowest BCUT2D eigenvalue weighted by atomic mass is 9.90. The van der Waals surface area contributed by atoms with E-state index in [9.17, 15) is 9.18 Å². The van der Waals surface area contributed by atoms with Gasteiger partial charge in [0.15, 0.2) is 0 Å². The van der Waals surface area contributed by atoms with Crippen molar-refractivity contribution in [3.05, 3.63) is 35.1 Å². The van der Waals surface area contributed by atoms with Crippen molar-refractivity contribution in [3.8, 4) is 6.07 Å². The number of benzene rings is 1. The molecule has 1 aromatic rings. The molecular formula is C14H15FN2O2. The van der Waals surface area contributed by atoms with E-state index >= 15 is 0 Å². The third kappa shape index (κ3) is 2.74. The summed E-state index contributed by atoms with van der Waals surface area (Å²) in [6.45, 7) is 3.33. The minimum atomic E-state index is -0.797. The summed E-state index contributed by atoms with van der Waals surface area (Å²) in [5.41, 5.74) is 0.315. The molecule has 1 N–H and O–H groups in total. The van der Waals surface area contributed by atoms with Gasteiger partial charge in [0.25, 0.3) is 0 Å². The monoisotopic (exact) mass is 262 g/mol. The molecule has 0 aromatic heterocycles. The Morgan fingerprint density at radius 3 is 2.95 bits per heavy atom. The number of carbonyl (C=O) groups is 1. The van der Waals surface area contributed by atoms with Crippen LogP contribution in [-0.4, -0.2) is 29.1 Å². The van der Waals surface area contributed by atoms with E-state index in [1.807, 2.05) is 11.0 Å². The SMILES string of the molecule is CC1(C(=O)O)CCN(Cc2ccc(F)cc2C#N)C1. The molecule has 1 unspecified atom stereocenters. The van der Waals surface area contributed by atoms with Crippen molar-refractivity contribution in [3.63, 3.8) is 0 Å². The average Bonchev–Trinajstić information content (AvgIpc) is 2.74. The van der Waals surface area contributed by atoms with E-state index in [1.165, 1.54) is 12.1 Å². The third-order valence-electron chi connectivity index (χ3n) is 3.66. The minimum Gasteiger partial charge on any atom is -0.481 e. The minimum absolute atomic E-state index is 0.309. The maximum absolute atomic E-state index is 13.0. The van der Waals surface area contributed by atoms with E-state index in [-0.39, 0.29) is 0 Å². The second-order valence-corrected chi connectivity index (χ2v) is 5.24. The van der Waals surface area contributed by atoms with Crippen LogP contribution < -0.4 is 0 Å². The molecular weight excluding hydrogens is 247 g/mol. The van der Waals surface area contributed by atoms with Gasteiger partial charge in [0.1, 0.15) is 5.82 Å². The maximum Gasteiger partial charge on any atom is 0.310 e. The summed E-state index contributed by atoms with van der Waals surface area (Å²) in [6.07, 6.45) is 0.589. The molecule has 4 nitrogen and oxygen atoms in total. The van der Waals surface area contributed by atoms with Crippen molar-refractivity contribution in [1.82, 2.24) is 4.90 Å². The van der Waals surface area contributed by atoms with Crippen LogP contribution in [0, 0.1) is 22.6 Å². The Hall–Kier alpha value is -1.93. The van der Waals surface area contributed by atoms with E-state index < -0.39 is 17.2 Å². The number of hydrogen-bond acceptors (Lipinski definition) is 3. The highest BCUT2D eigenvalue weighted by Crippen LogP contribution is 2.31. The van der Waals surface area contributed by atoms with Crippen molar-refractivity contribution in [1.29, 1.82) is 5.26 Å². The molecule has 100 valence electrons. The molecule has 1 aliphatic heterocycles. The fourth-order valence-electron chi connectivity index (χ4n) is 2.40. The first kappa shape index (κ1) is 13.5. The topological polar surface area (TPSA) is 64.3 Å². The molecule has 0 aliphatic carbocycles. The van der Waals surface area contributed by atoms with Crippen molar-refractivity contribution < 1.29 is 14.3 Å². The van der Waals surface area contributed by atoms with Crippen LogP contribution in [0.5, 0.6) is 0 Å². The Balaban J connectivity index is 2.12. The van der Waals surface area contributed by atoms with Gasteiger partial charge in [-0.25, -0.2) is 4.39 Å². The van der Waals surface area contributed by atoms with Gasteiger partial charge in [0.05, 0.1) is 17.0 Å². The Morgan fingerprint density at radius 2 is 2.37 bits per heavy atom. The van der Waals surface area contributed by atoms with Gasteiger partial charge in [-0.1, -0.05) is 6.07 Å². The normalized spacial score (nSPS) is 23.2. The van der Waals surface area contributed by atoms with Gasteiger partial charge in [0, 0.05) is 13.1 Å². The van der Waals surface area contributed by atoms with Gasteiger partial charge >= 0.3 is 5.97 Å². The third-order valence-corrected chi connectivity index (χ3v) is 3.66. The van der Waals surface area contributed by atoms with Crippen LogP contribution in [0.25, 0.3) is 0 Å². The number of carboxylic acids is 1. The summed E-state index contributed by atoms with van der Waals surface area (Å²) >= 11 is 0. The molecule has 1 atom stereocenters. The first-order valence-electron chi connectivity index (χ1n) is 6.09. The molecule has 1 saturated heterocycles. The highest BCUT2D eigenvalue weighted by Gasteiger charge is 2.40. The zero-order valence-corrected chi connectivity index (χ0v) is 10.7. The number of rotatable bonds is 3. The first-order valence-corrected chi connectivity index (χ1v) is 6.09. The molecule has 0 saturated carbocycles. The number of aliphatic carboxylic acids is 1. The number of nitrogens with zero attached hydrogens (tertiary/aromatic N) is 2. The average molecular weight is 262 g/mol. The second kappa shape index (κ2) is 4.98. The second-order valence-electron chi connectivity index (χ2n) is 5.24. The Bertz CT molecular complexity index is 553. The zero-order valence-electron chi connectivity index (χ0n) is 10.7. The predicted octanol–water partition coefficient (Wildman–Crippen LogP) is 1.99. The van der Waals surface area contributed by atoms with Crippen LogP contribution in [0.4, 0.5) is 4.39 Å². The first-order chi connectivity index (χ1) is 8.94. The molecule has 0 spiro atoms. The lowest BCUT2D eigenvalue weighted by Gasteiger charge is -2.20. The van der Waals surface area contributed by atoms with Crippen LogP contribution in [0.15, 0.2) is 18.2 Å². The summed E-state index contributed by atoms with van der Waals surface area (Å²) in [5, 5.41) is 18.1. The zero-order chi connectivity index (χ0) is 14.0. The van der Waals surface area contributed by atoms with Crippen molar-refractivity contribution >= 4 is 5.97 Å². The summed E-state index contributed by atoms with van der Waals surface area (Å²) in [5.74, 6) is -1.23. The van der Waals surface area contributed by atoms with Gasteiger partial charge in [-0.05, 0) is 37.6 Å². The number of nitriles is 1. The smallest absolute Gasteiger partial charge is 0.310 e. The molecule has 1 aromatic carbocycles. The van der Waals surface area contributed by atoms with E-state index in [2.05, 4.69) is 0 Å². The largest absolute Gasteiger partial charge is 0.481 e. The van der Waals surface area contributed by atoms with Crippen LogP contribution in [0.3, 0.4) is 0 Å². The molecule has 1 fully saturated rings. The van der Waals surface area contributed by atoms with Gasteiger partial charge < -0.3 is 5.11 Å². The maximum atomic E-state index is 13.0. The number of carboxylic acid groups (broad SMARTS) is 1. The van der Waals surface area contributed by atoms with Gasteiger partial charge in [0.2, 0.25) is 0 Å². The fourth-order valence-corrected chi connectivity index (χ4v) is 2.40. The Kier molecular flexibility index (Phi) is 3.54. The van der Waals surface area contributed by atoms with Crippen LogP contribution in [-0.2, 0) is 11.3 Å². The molecule has 0 radical (unpaired) electrons. The standard InChI is InChI=1S/C14H15FN2O2/c1-14(13(18)19)4-5-17(9-14)8-10-2-3-12(15)6-11(10)7-16/h2-3,6H,4-5,8-9H2,1H3,(H,18,19). The van der Waals surface area contributed by atoms with E-state index in [0.717, 1.165) is 5.56 Å². The predicted molar refractivity (Wildman–Crippen MR) is 66.8 cm³/mol. The summed E-state index contributed by atoms with van der Waals surface area (Å²) in [4.78, 5) is 13.1. The number of halogens is 1. The molecule has 2 rings (SSSR count). The van der Waals surface area contributed by atoms with Crippen LogP contribution in [0.2, 0.25) is 0 Å². The molecule has 1 heterocycles.